The van der Waals surface area contributed by atoms with Crippen LogP contribution >= 0.6 is 23.2 Å². The Labute approximate surface area is 132 Å². The van der Waals surface area contributed by atoms with Gasteiger partial charge in [-0.1, -0.05) is 41.4 Å². The molecule has 1 heterocycles. The second-order valence-corrected chi connectivity index (χ2v) is 5.83. The molecule has 0 atom stereocenters. The van der Waals surface area contributed by atoms with Gasteiger partial charge in [0.15, 0.2) is 5.62 Å². The maximum atomic E-state index is 8.02. The molecule has 1 aromatic heterocycles. The van der Waals surface area contributed by atoms with Gasteiger partial charge in [-0.2, -0.15) is 0 Å². The van der Waals surface area contributed by atoms with Gasteiger partial charge in [0.2, 0.25) is 0 Å². The highest BCUT2D eigenvalue weighted by atomic mass is 35.5. The summed E-state index contributed by atoms with van der Waals surface area (Å²) in [4.78, 5) is 3.08. The minimum atomic E-state index is 0.429. The van der Waals surface area contributed by atoms with Gasteiger partial charge in [0.25, 0.3) is 0 Å². The van der Waals surface area contributed by atoms with Crippen LogP contribution in [0.3, 0.4) is 0 Å². The second kappa shape index (κ2) is 5.96. The van der Waals surface area contributed by atoms with E-state index in [1.54, 1.807) is 6.07 Å². The molecule has 0 aliphatic carbocycles. The van der Waals surface area contributed by atoms with Crippen LogP contribution in [0.4, 0.5) is 0 Å². The fourth-order valence-corrected chi connectivity index (χ4v) is 3.02. The standard InChI is InChI=1S/C16H15Cl2N3/c17-12-8-7-11(13(18)10-12)4-3-9-21-15-6-2-1-5-14(15)20-16(21)19/h1-2,5-8,10H,3-4,9H2,(H2,19,20). The Kier molecular flexibility index (Phi) is 4.04. The normalized spacial score (nSPS) is 11.1. The Morgan fingerprint density at radius 2 is 1.90 bits per heavy atom. The van der Waals surface area contributed by atoms with Crippen molar-refractivity contribution < 1.29 is 0 Å². The quantitative estimate of drug-likeness (QED) is 0.716. The molecular weight excluding hydrogens is 305 g/mol. The molecule has 0 aliphatic rings. The van der Waals surface area contributed by atoms with Crippen molar-refractivity contribution in [3.8, 4) is 0 Å². The van der Waals surface area contributed by atoms with E-state index >= 15 is 0 Å². The van der Waals surface area contributed by atoms with Crippen LogP contribution in [-0.4, -0.2) is 9.55 Å². The number of rotatable bonds is 4. The highest BCUT2D eigenvalue weighted by Gasteiger charge is 2.05. The van der Waals surface area contributed by atoms with Crippen LogP contribution in [0.25, 0.3) is 11.0 Å². The van der Waals surface area contributed by atoms with Gasteiger partial charge in [-0.25, -0.2) is 0 Å². The molecule has 108 valence electrons. The van der Waals surface area contributed by atoms with E-state index in [0.717, 1.165) is 36.0 Å². The van der Waals surface area contributed by atoms with Crippen molar-refractivity contribution in [1.29, 1.82) is 5.41 Å². The van der Waals surface area contributed by atoms with Crippen LogP contribution in [0.2, 0.25) is 10.0 Å². The lowest BCUT2D eigenvalue weighted by Gasteiger charge is -2.06. The van der Waals surface area contributed by atoms with Gasteiger partial charge in [-0.15, -0.1) is 0 Å². The van der Waals surface area contributed by atoms with Crippen LogP contribution < -0.4 is 5.62 Å². The van der Waals surface area contributed by atoms with Gasteiger partial charge in [0.05, 0.1) is 11.0 Å². The average Bonchev–Trinajstić information content (AvgIpc) is 2.77. The lowest BCUT2D eigenvalue weighted by atomic mass is 10.1. The number of aryl methyl sites for hydroxylation is 2. The third-order valence-electron chi connectivity index (χ3n) is 3.56. The number of benzene rings is 2. The Bertz CT molecular complexity index is 833. The number of nitrogens with zero attached hydrogens (tertiary/aromatic N) is 1. The van der Waals surface area contributed by atoms with E-state index in [4.69, 9.17) is 28.6 Å². The minimum absolute atomic E-state index is 0.429. The van der Waals surface area contributed by atoms with E-state index in [9.17, 15) is 0 Å². The molecule has 0 radical (unpaired) electrons. The molecule has 0 fully saturated rings. The molecule has 5 heteroatoms. The molecule has 0 aliphatic heterocycles. The van der Waals surface area contributed by atoms with Crippen molar-refractivity contribution in [3.05, 3.63) is 63.7 Å². The predicted octanol–water partition coefficient (Wildman–Crippen LogP) is 4.39. The molecule has 21 heavy (non-hydrogen) atoms. The van der Waals surface area contributed by atoms with Gasteiger partial charge in [0, 0.05) is 16.6 Å². The van der Waals surface area contributed by atoms with Crippen molar-refractivity contribution in [2.24, 2.45) is 0 Å². The molecule has 0 amide bonds. The van der Waals surface area contributed by atoms with Crippen molar-refractivity contribution >= 4 is 34.2 Å². The van der Waals surface area contributed by atoms with E-state index in [-0.39, 0.29) is 0 Å². The summed E-state index contributed by atoms with van der Waals surface area (Å²) < 4.78 is 1.99. The Morgan fingerprint density at radius 3 is 2.71 bits per heavy atom. The second-order valence-electron chi connectivity index (χ2n) is 4.98. The first-order valence-corrected chi connectivity index (χ1v) is 7.57. The van der Waals surface area contributed by atoms with Crippen LogP contribution in [0.15, 0.2) is 42.5 Å². The maximum Gasteiger partial charge on any atom is 0.200 e. The van der Waals surface area contributed by atoms with E-state index in [2.05, 4.69) is 4.98 Å². The van der Waals surface area contributed by atoms with Gasteiger partial charge < -0.3 is 9.55 Å². The number of para-hydroxylation sites is 2. The fraction of sp³-hybridized carbons (Fsp3) is 0.188. The van der Waals surface area contributed by atoms with Gasteiger partial charge in [-0.3, -0.25) is 5.41 Å². The van der Waals surface area contributed by atoms with Gasteiger partial charge >= 0.3 is 0 Å². The van der Waals surface area contributed by atoms with Gasteiger partial charge in [-0.05, 0) is 42.7 Å². The van der Waals surface area contributed by atoms with Crippen LogP contribution in [0, 0.1) is 5.41 Å². The maximum absolute atomic E-state index is 8.02. The Morgan fingerprint density at radius 1 is 1.10 bits per heavy atom. The first kappa shape index (κ1) is 14.2. The molecular formula is C16H15Cl2N3. The minimum Gasteiger partial charge on any atom is -0.324 e. The number of aromatic amines is 1. The summed E-state index contributed by atoms with van der Waals surface area (Å²) in [6.45, 7) is 0.780. The zero-order chi connectivity index (χ0) is 14.8. The summed E-state index contributed by atoms with van der Waals surface area (Å²) in [5.74, 6) is 0. The highest BCUT2D eigenvalue weighted by molar-refractivity contribution is 6.35. The molecule has 2 aromatic carbocycles. The van der Waals surface area contributed by atoms with Crippen LogP contribution in [-0.2, 0) is 13.0 Å². The van der Waals surface area contributed by atoms with E-state index in [0.29, 0.717) is 15.7 Å². The van der Waals surface area contributed by atoms with E-state index in [1.807, 2.05) is 41.0 Å². The smallest absolute Gasteiger partial charge is 0.200 e. The lowest BCUT2D eigenvalue weighted by molar-refractivity contribution is 0.624. The summed E-state index contributed by atoms with van der Waals surface area (Å²) in [5, 5.41) is 9.38. The number of imidazole rings is 1. The topological polar surface area (TPSA) is 44.6 Å². The number of hydrogen-bond acceptors (Lipinski definition) is 1. The number of H-pyrrole nitrogens is 1. The number of nitrogens with one attached hydrogen (secondary N) is 2. The number of aromatic nitrogens is 2. The summed E-state index contributed by atoms with van der Waals surface area (Å²) in [5.41, 5.74) is 3.57. The zero-order valence-electron chi connectivity index (χ0n) is 11.4. The summed E-state index contributed by atoms with van der Waals surface area (Å²) in [7, 11) is 0. The third-order valence-corrected chi connectivity index (χ3v) is 4.15. The Balaban J connectivity index is 1.75. The molecule has 0 saturated carbocycles. The van der Waals surface area contributed by atoms with Crippen molar-refractivity contribution in [2.75, 3.05) is 0 Å². The SMILES string of the molecule is N=c1[nH]c2ccccc2n1CCCc1ccc(Cl)cc1Cl. The molecule has 0 bridgehead atoms. The molecule has 3 nitrogen and oxygen atoms in total. The number of hydrogen-bond donors (Lipinski definition) is 2. The molecule has 3 rings (SSSR count). The van der Waals surface area contributed by atoms with E-state index in [1.165, 1.54) is 0 Å². The summed E-state index contributed by atoms with van der Waals surface area (Å²) in [6, 6.07) is 13.6. The summed E-state index contributed by atoms with van der Waals surface area (Å²) in [6.07, 6.45) is 1.78. The molecule has 2 N–H and O–H groups in total. The van der Waals surface area contributed by atoms with Crippen molar-refractivity contribution in [3.63, 3.8) is 0 Å². The fourth-order valence-electron chi connectivity index (χ4n) is 2.51. The van der Waals surface area contributed by atoms with Crippen molar-refractivity contribution in [1.82, 2.24) is 9.55 Å². The highest BCUT2D eigenvalue weighted by Crippen LogP contribution is 2.22. The van der Waals surface area contributed by atoms with Crippen LogP contribution in [0.1, 0.15) is 12.0 Å². The molecule has 0 unspecified atom stereocenters. The van der Waals surface area contributed by atoms with Gasteiger partial charge in [0.1, 0.15) is 0 Å². The monoisotopic (exact) mass is 319 g/mol. The lowest BCUT2D eigenvalue weighted by Crippen LogP contribution is -2.17. The van der Waals surface area contributed by atoms with E-state index < -0.39 is 0 Å². The largest absolute Gasteiger partial charge is 0.324 e. The average molecular weight is 320 g/mol. The first-order chi connectivity index (χ1) is 10.1. The first-order valence-electron chi connectivity index (χ1n) is 6.81. The number of halogens is 2. The molecule has 0 saturated heterocycles. The molecule has 3 aromatic rings. The Hall–Kier alpha value is -1.71. The van der Waals surface area contributed by atoms with Crippen LogP contribution in [0.5, 0.6) is 0 Å². The third kappa shape index (κ3) is 2.99. The summed E-state index contributed by atoms with van der Waals surface area (Å²) >= 11 is 12.1. The zero-order valence-corrected chi connectivity index (χ0v) is 12.9. The van der Waals surface area contributed by atoms with Crippen molar-refractivity contribution in [2.45, 2.75) is 19.4 Å². The molecule has 0 spiro atoms. The number of fused-ring (bicyclic) bond motifs is 1. The predicted molar refractivity (Wildman–Crippen MR) is 86.9 cm³/mol.